The van der Waals surface area contributed by atoms with E-state index >= 15 is 0 Å². The van der Waals surface area contributed by atoms with E-state index in [0.717, 1.165) is 24.1 Å². The van der Waals surface area contributed by atoms with E-state index in [1.54, 1.807) is 13.2 Å². The van der Waals surface area contributed by atoms with Gasteiger partial charge in [0.05, 0.1) is 0 Å². The molecule has 0 aromatic heterocycles. The fourth-order valence-corrected chi connectivity index (χ4v) is 2.81. The molecule has 0 spiro atoms. The molecule has 1 atom stereocenters. The first-order valence-corrected chi connectivity index (χ1v) is 6.91. The van der Waals surface area contributed by atoms with Crippen LogP contribution in [0, 0.1) is 17.8 Å². The molecule has 2 aliphatic rings. The number of urea groups is 1. The number of fused-ring (bicyclic) bond motifs is 1. The first kappa shape index (κ1) is 13.3. The molecule has 20 heavy (non-hydrogen) atoms. The van der Waals surface area contributed by atoms with Crippen LogP contribution < -0.4 is 10.6 Å². The minimum Gasteiger partial charge on any atom is -0.372 e. The van der Waals surface area contributed by atoms with Gasteiger partial charge in [-0.15, -0.1) is 0 Å². The second-order valence-corrected chi connectivity index (χ2v) is 5.52. The van der Waals surface area contributed by atoms with Crippen molar-refractivity contribution < 1.29 is 9.53 Å². The van der Waals surface area contributed by atoms with Crippen LogP contribution in [-0.4, -0.2) is 19.7 Å². The molecule has 1 saturated carbocycles. The number of carbonyl (C=O) groups is 1. The number of hydrogen-bond donors (Lipinski definition) is 2. The summed E-state index contributed by atoms with van der Waals surface area (Å²) in [5.41, 5.74) is 1.06. The molecule has 1 aliphatic heterocycles. The summed E-state index contributed by atoms with van der Waals surface area (Å²) >= 11 is 6.11. The predicted molar refractivity (Wildman–Crippen MR) is 77.7 cm³/mol. The van der Waals surface area contributed by atoms with Crippen LogP contribution in [0.25, 0.3) is 0 Å². The molecule has 2 amide bonds. The second-order valence-electron chi connectivity index (χ2n) is 5.09. The summed E-state index contributed by atoms with van der Waals surface area (Å²) in [6.07, 6.45) is 2.10. The highest BCUT2D eigenvalue weighted by Crippen LogP contribution is 2.49. The molecule has 1 aromatic carbocycles. The average Bonchev–Trinajstić information content (AvgIpc) is 3.24. The van der Waals surface area contributed by atoms with Gasteiger partial charge in [-0.05, 0) is 37.0 Å². The van der Waals surface area contributed by atoms with Crippen LogP contribution >= 0.6 is 11.6 Å². The Labute approximate surface area is 122 Å². The van der Waals surface area contributed by atoms with Crippen molar-refractivity contribution in [2.75, 3.05) is 19.0 Å². The highest BCUT2D eigenvalue weighted by Gasteiger charge is 2.50. The number of halogens is 1. The number of nitrogens with one attached hydrogen (secondary N) is 2. The van der Waals surface area contributed by atoms with Crippen molar-refractivity contribution in [3.8, 4) is 11.8 Å². The number of rotatable bonds is 2. The number of amides is 2. The minimum atomic E-state index is -0.652. The molecule has 0 radical (unpaired) electrons. The summed E-state index contributed by atoms with van der Waals surface area (Å²) in [5, 5.41) is 6.44. The van der Waals surface area contributed by atoms with Crippen molar-refractivity contribution in [1.82, 2.24) is 5.32 Å². The minimum absolute atomic E-state index is 0.224. The Morgan fingerprint density at radius 3 is 3.00 bits per heavy atom. The van der Waals surface area contributed by atoms with Crippen molar-refractivity contribution in [3.63, 3.8) is 0 Å². The standard InChI is InChI=1S/C15H15ClN2O2/c1-20-8-2-7-15(10-3-4-10)12-9-11(16)5-6-13(12)17-14(19)18-15/h5-6,9-10H,3-4,8H2,1H3,(H2,17,18,19). The Bertz CT molecular complexity index is 616. The molecule has 5 heteroatoms. The zero-order valence-corrected chi connectivity index (χ0v) is 11.9. The Morgan fingerprint density at radius 2 is 2.30 bits per heavy atom. The second kappa shape index (κ2) is 5.01. The van der Waals surface area contributed by atoms with Crippen LogP contribution in [0.4, 0.5) is 10.5 Å². The monoisotopic (exact) mass is 290 g/mol. The van der Waals surface area contributed by atoms with Crippen LogP contribution in [0.5, 0.6) is 0 Å². The van der Waals surface area contributed by atoms with Gasteiger partial charge >= 0.3 is 6.03 Å². The zero-order valence-electron chi connectivity index (χ0n) is 11.1. The number of anilines is 1. The van der Waals surface area contributed by atoms with Gasteiger partial charge in [0.15, 0.2) is 0 Å². The van der Waals surface area contributed by atoms with Gasteiger partial charge in [-0.1, -0.05) is 23.4 Å². The smallest absolute Gasteiger partial charge is 0.320 e. The molecule has 1 unspecified atom stereocenters. The Hall–Kier alpha value is -1.70. The molecule has 0 saturated heterocycles. The normalized spacial score (nSPS) is 24.0. The lowest BCUT2D eigenvalue weighted by molar-refractivity contribution is 0.235. The van der Waals surface area contributed by atoms with Gasteiger partial charge in [0.2, 0.25) is 0 Å². The predicted octanol–water partition coefficient (Wildman–Crippen LogP) is 2.73. The molecule has 1 fully saturated rings. The highest BCUT2D eigenvalue weighted by atomic mass is 35.5. The van der Waals surface area contributed by atoms with E-state index < -0.39 is 5.54 Å². The van der Waals surface area contributed by atoms with Crippen molar-refractivity contribution in [2.24, 2.45) is 5.92 Å². The summed E-state index contributed by atoms with van der Waals surface area (Å²) < 4.78 is 4.99. The van der Waals surface area contributed by atoms with Crippen molar-refractivity contribution >= 4 is 23.3 Å². The van der Waals surface area contributed by atoms with E-state index in [1.807, 2.05) is 12.1 Å². The van der Waals surface area contributed by atoms with Gasteiger partial charge in [0, 0.05) is 23.4 Å². The van der Waals surface area contributed by atoms with Gasteiger partial charge in [-0.3, -0.25) is 0 Å². The van der Waals surface area contributed by atoms with Crippen LogP contribution in [0.1, 0.15) is 18.4 Å². The molecule has 3 rings (SSSR count). The number of ether oxygens (including phenoxy) is 1. The third-order valence-corrected chi connectivity index (χ3v) is 3.89. The van der Waals surface area contributed by atoms with Crippen LogP contribution in [0.2, 0.25) is 5.02 Å². The van der Waals surface area contributed by atoms with Crippen molar-refractivity contribution in [3.05, 3.63) is 28.8 Å². The summed E-state index contributed by atoms with van der Waals surface area (Å²) in [7, 11) is 1.60. The maximum absolute atomic E-state index is 11.9. The highest BCUT2D eigenvalue weighted by molar-refractivity contribution is 6.30. The maximum Gasteiger partial charge on any atom is 0.320 e. The maximum atomic E-state index is 11.9. The van der Waals surface area contributed by atoms with E-state index in [-0.39, 0.29) is 6.03 Å². The van der Waals surface area contributed by atoms with Crippen LogP contribution in [0.3, 0.4) is 0 Å². The van der Waals surface area contributed by atoms with Gasteiger partial charge < -0.3 is 15.4 Å². The third-order valence-electron chi connectivity index (χ3n) is 3.66. The third kappa shape index (κ3) is 2.24. The zero-order chi connectivity index (χ0) is 14.2. The van der Waals surface area contributed by atoms with Crippen LogP contribution in [0.15, 0.2) is 18.2 Å². The largest absolute Gasteiger partial charge is 0.372 e. The van der Waals surface area contributed by atoms with Gasteiger partial charge in [-0.25, -0.2) is 4.79 Å². The fourth-order valence-electron chi connectivity index (χ4n) is 2.64. The van der Waals surface area contributed by atoms with E-state index in [0.29, 0.717) is 17.5 Å². The van der Waals surface area contributed by atoms with Gasteiger partial charge in [0.1, 0.15) is 12.1 Å². The molecular weight excluding hydrogens is 276 g/mol. The quantitative estimate of drug-likeness (QED) is 0.823. The topological polar surface area (TPSA) is 50.4 Å². The molecule has 104 valence electrons. The Kier molecular flexibility index (Phi) is 3.33. The number of hydrogen-bond acceptors (Lipinski definition) is 2. The van der Waals surface area contributed by atoms with E-state index in [2.05, 4.69) is 22.5 Å². The van der Waals surface area contributed by atoms with E-state index in [1.165, 1.54) is 0 Å². The lowest BCUT2D eigenvalue weighted by Crippen LogP contribution is -2.52. The molecule has 4 nitrogen and oxygen atoms in total. The van der Waals surface area contributed by atoms with E-state index in [9.17, 15) is 4.79 Å². The summed E-state index contributed by atoms with van der Waals surface area (Å²) in [5.74, 6) is 6.53. The molecular formula is C15H15ClN2O2. The van der Waals surface area contributed by atoms with Crippen LogP contribution in [-0.2, 0) is 10.3 Å². The first-order chi connectivity index (χ1) is 9.65. The average molecular weight is 291 g/mol. The lowest BCUT2D eigenvalue weighted by Gasteiger charge is -2.36. The number of carbonyl (C=O) groups excluding carboxylic acids is 1. The van der Waals surface area contributed by atoms with Crippen molar-refractivity contribution in [2.45, 2.75) is 18.4 Å². The molecule has 1 aliphatic carbocycles. The lowest BCUT2D eigenvalue weighted by atomic mass is 9.83. The summed E-state index contributed by atoms with van der Waals surface area (Å²) in [6, 6.07) is 5.25. The van der Waals surface area contributed by atoms with Gasteiger partial charge in [-0.2, -0.15) is 0 Å². The Balaban J connectivity index is 2.12. The number of methoxy groups -OCH3 is 1. The molecule has 2 N–H and O–H groups in total. The van der Waals surface area contributed by atoms with Crippen molar-refractivity contribution in [1.29, 1.82) is 0 Å². The molecule has 0 bridgehead atoms. The molecule has 1 heterocycles. The molecule has 1 aromatic rings. The van der Waals surface area contributed by atoms with Gasteiger partial charge in [0.25, 0.3) is 0 Å². The fraction of sp³-hybridized carbons (Fsp3) is 0.400. The number of benzene rings is 1. The van der Waals surface area contributed by atoms with E-state index in [4.69, 9.17) is 16.3 Å². The first-order valence-electron chi connectivity index (χ1n) is 6.54. The Morgan fingerprint density at radius 1 is 1.50 bits per heavy atom. The SMILES string of the molecule is COCC#CC1(C2CC2)NC(=O)Nc2ccc(Cl)cc21. The summed E-state index contributed by atoms with van der Waals surface area (Å²) in [4.78, 5) is 11.9. The summed E-state index contributed by atoms with van der Waals surface area (Å²) in [6.45, 7) is 0.341.